The van der Waals surface area contributed by atoms with Crippen molar-refractivity contribution >= 4 is 23.5 Å². The van der Waals surface area contributed by atoms with Gasteiger partial charge in [-0.3, -0.25) is 4.79 Å². The van der Waals surface area contributed by atoms with Crippen molar-refractivity contribution in [1.29, 1.82) is 0 Å². The highest BCUT2D eigenvalue weighted by molar-refractivity contribution is 7.98. The number of nitrogens with one attached hydrogen (secondary N) is 1. The monoisotopic (exact) mass is 466 g/mol. The van der Waals surface area contributed by atoms with Crippen molar-refractivity contribution in [2.24, 2.45) is 0 Å². The van der Waals surface area contributed by atoms with Gasteiger partial charge in [0.05, 0.1) is 11.9 Å². The van der Waals surface area contributed by atoms with Crippen LogP contribution in [0.25, 0.3) is 0 Å². The molecule has 3 heterocycles. The van der Waals surface area contributed by atoms with E-state index in [1.54, 1.807) is 6.07 Å². The molecule has 4 rings (SSSR count). The molecule has 7 nitrogen and oxygen atoms in total. The Morgan fingerprint density at radius 1 is 1.21 bits per heavy atom. The van der Waals surface area contributed by atoms with Crippen LogP contribution in [0.3, 0.4) is 0 Å². The highest BCUT2D eigenvalue weighted by atomic mass is 32.2. The van der Waals surface area contributed by atoms with Gasteiger partial charge in [0.2, 0.25) is 0 Å². The summed E-state index contributed by atoms with van der Waals surface area (Å²) in [5, 5.41) is 3.59. The maximum absolute atomic E-state index is 12.3. The fourth-order valence-electron chi connectivity index (χ4n) is 3.65. The number of thioether (sulfide) groups is 1. The number of rotatable bonds is 10. The van der Waals surface area contributed by atoms with Crippen LogP contribution in [0.2, 0.25) is 0 Å². The van der Waals surface area contributed by atoms with Gasteiger partial charge in [0, 0.05) is 38.5 Å². The molecule has 0 bridgehead atoms. The predicted octanol–water partition coefficient (Wildman–Crippen LogP) is 4.47. The summed E-state index contributed by atoms with van der Waals surface area (Å²) in [6.45, 7) is 4.15. The topological polar surface area (TPSA) is 80.5 Å². The van der Waals surface area contributed by atoms with Crippen LogP contribution < -0.4 is 10.2 Å². The zero-order valence-electron chi connectivity index (χ0n) is 19.1. The number of furan rings is 1. The molecular formula is C25H30N4O3S. The van der Waals surface area contributed by atoms with E-state index >= 15 is 0 Å². The van der Waals surface area contributed by atoms with E-state index in [1.807, 2.05) is 37.4 Å². The number of amides is 1. The van der Waals surface area contributed by atoms with E-state index in [0.29, 0.717) is 29.0 Å². The minimum Gasteiger partial charge on any atom is -0.455 e. The number of ether oxygens (including phenoxy) is 1. The molecule has 0 saturated carbocycles. The number of aromatic nitrogens is 2. The van der Waals surface area contributed by atoms with Crippen molar-refractivity contribution in [3.63, 3.8) is 0 Å². The molecule has 33 heavy (non-hydrogen) atoms. The Bertz CT molecular complexity index is 1050. The summed E-state index contributed by atoms with van der Waals surface area (Å²) in [6.07, 6.45) is 2.97. The van der Waals surface area contributed by atoms with Crippen molar-refractivity contribution in [2.75, 3.05) is 25.1 Å². The second-order valence-electron chi connectivity index (χ2n) is 8.09. The number of nitrogens with zero attached hydrogens (tertiary/aromatic N) is 3. The average molecular weight is 467 g/mol. The van der Waals surface area contributed by atoms with E-state index in [2.05, 4.69) is 34.3 Å². The van der Waals surface area contributed by atoms with Crippen molar-refractivity contribution in [1.82, 2.24) is 15.3 Å². The highest BCUT2D eigenvalue weighted by Crippen LogP contribution is 2.24. The summed E-state index contributed by atoms with van der Waals surface area (Å²) in [5.41, 5.74) is 2.22. The van der Waals surface area contributed by atoms with Crippen LogP contribution >= 0.6 is 11.8 Å². The first kappa shape index (κ1) is 23.3. The molecule has 1 amide bonds. The third-order valence-corrected chi connectivity index (χ3v) is 6.37. The molecule has 1 atom stereocenters. The Balaban J connectivity index is 1.35. The van der Waals surface area contributed by atoms with Gasteiger partial charge < -0.3 is 19.4 Å². The second-order valence-corrected chi connectivity index (χ2v) is 9.04. The third kappa shape index (κ3) is 6.58. The molecule has 8 heteroatoms. The van der Waals surface area contributed by atoms with Gasteiger partial charge in [-0.25, -0.2) is 9.97 Å². The maximum atomic E-state index is 12.3. The lowest BCUT2D eigenvalue weighted by atomic mass is 10.2. The molecule has 0 aliphatic carbocycles. The Morgan fingerprint density at radius 2 is 2.06 bits per heavy atom. The van der Waals surface area contributed by atoms with E-state index in [-0.39, 0.29) is 12.0 Å². The summed E-state index contributed by atoms with van der Waals surface area (Å²) in [6, 6.07) is 15.9. The predicted molar refractivity (Wildman–Crippen MR) is 130 cm³/mol. The first-order chi connectivity index (χ1) is 16.1. The summed E-state index contributed by atoms with van der Waals surface area (Å²) in [7, 11) is 2.04. The molecule has 1 aliphatic heterocycles. The number of hydrogen-bond acceptors (Lipinski definition) is 7. The van der Waals surface area contributed by atoms with E-state index < -0.39 is 0 Å². The normalized spacial score (nSPS) is 15.5. The average Bonchev–Trinajstić information content (AvgIpc) is 3.54. The molecule has 2 aromatic heterocycles. The van der Waals surface area contributed by atoms with Gasteiger partial charge in [0.25, 0.3) is 5.91 Å². The molecule has 1 fully saturated rings. The molecule has 174 valence electrons. The molecular weight excluding hydrogens is 436 g/mol. The molecule has 3 aromatic rings. The fraction of sp³-hybridized carbons (Fsp3) is 0.400. The van der Waals surface area contributed by atoms with Crippen molar-refractivity contribution in [3.05, 3.63) is 71.3 Å². The Kier molecular flexibility index (Phi) is 8.01. The second kappa shape index (κ2) is 11.3. The SMILES string of the molecule is CCc1cc(N(C)Cc2ccccc2)nc(SCc2ccc(C(=O)NC[C@H]3CCCO3)o2)n1. The minimum atomic E-state index is -0.212. The van der Waals surface area contributed by atoms with E-state index in [1.165, 1.54) is 17.3 Å². The Morgan fingerprint density at radius 3 is 2.82 bits per heavy atom. The van der Waals surface area contributed by atoms with E-state index in [9.17, 15) is 4.79 Å². The van der Waals surface area contributed by atoms with Gasteiger partial charge in [0.15, 0.2) is 10.9 Å². The van der Waals surface area contributed by atoms with Gasteiger partial charge in [-0.1, -0.05) is 49.0 Å². The number of benzene rings is 1. The van der Waals surface area contributed by atoms with Crippen LogP contribution in [0.5, 0.6) is 0 Å². The fourth-order valence-corrected chi connectivity index (χ4v) is 4.42. The van der Waals surface area contributed by atoms with E-state index in [0.717, 1.165) is 43.9 Å². The van der Waals surface area contributed by atoms with Crippen LogP contribution in [-0.4, -0.2) is 42.2 Å². The molecule has 1 aromatic carbocycles. The lowest BCUT2D eigenvalue weighted by Gasteiger charge is -2.19. The summed E-state index contributed by atoms with van der Waals surface area (Å²) in [5.74, 6) is 2.26. The smallest absolute Gasteiger partial charge is 0.287 e. The first-order valence-electron chi connectivity index (χ1n) is 11.3. The Labute approximate surface area is 198 Å². The van der Waals surface area contributed by atoms with Crippen molar-refractivity contribution in [3.8, 4) is 0 Å². The number of hydrogen-bond donors (Lipinski definition) is 1. The van der Waals surface area contributed by atoms with Gasteiger partial charge in [-0.05, 0) is 37.0 Å². The first-order valence-corrected chi connectivity index (χ1v) is 12.3. The number of anilines is 1. The van der Waals surface area contributed by atoms with Crippen LogP contribution in [0.4, 0.5) is 5.82 Å². The third-order valence-electron chi connectivity index (χ3n) is 5.50. The molecule has 1 aliphatic rings. The highest BCUT2D eigenvalue weighted by Gasteiger charge is 2.18. The van der Waals surface area contributed by atoms with Crippen molar-refractivity contribution in [2.45, 2.75) is 49.7 Å². The van der Waals surface area contributed by atoms with Gasteiger partial charge in [-0.15, -0.1) is 0 Å². The van der Waals surface area contributed by atoms with Crippen LogP contribution in [0.1, 0.15) is 47.3 Å². The lowest BCUT2D eigenvalue weighted by Crippen LogP contribution is -2.31. The largest absolute Gasteiger partial charge is 0.455 e. The number of carbonyl (C=O) groups excluding carboxylic acids is 1. The van der Waals surface area contributed by atoms with E-state index in [4.69, 9.17) is 14.1 Å². The zero-order valence-corrected chi connectivity index (χ0v) is 19.9. The molecule has 0 unspecified atom stereocenters. The van der Waals surface area contributed by atoms with Crippen LogP contribution in [-0.2, 0) is 23.5 Å². The van der Waals surface area contributed by atoms with Gasteiger partial charge >= 0.3 is 0 Å². The summed E-state index contributed by atoms with van der Waals surface area (Å²) >= 11 is 1.51. The standard InChI is InChI=1S/C25H30N4O3S/c1-3-19-14-23(29(2)16-18-8-5-4-6-9-18)28-25(27-19)33-17-21-11-12-22(32-21)24(30)26-15-20-10-7-13-31-20/h4-6,8-9,11-12,14,20H,3,7,10,13,15-17H2,1-2H3,(H,26,30)/t20-/m1/s1. The van der Waals surface area contributed by atoms with Gasteiger partial charge in [-0.2, -0.15) is 0 Å². The molecule has 1 N–H and O–H groups in total. The molecule has 1 saturated heterocycles. The molecule has 0 radical (unpaired) electrons. The summed E-state index contributed by atoms with van der Waals surface area (Å²) < 4.78 is 11.3. The van der Waals surface area contributed by atoms with Gasteiger partial charge in [0.1, 0.15) is 11.6 Å². The van der Waals surface area contributed by atoms with Crippen LogP contribution in [0, 0.1) is 0 Å². The zero-order chi connectivity index (χ0) is 23.0. The minimum absolute atomic E-state index is 0.108. The lowest BCUT2D eigenvalue weighted by molar-refractivity contribution is 0.0834. The quantitative estimate of drug-likeness (QED) is 0.349. The molecule has 0 spiro atoms. The number of carbonyl (C=O) groups is 1. The Hall–Kier alpha value is -2.84. The number of aryl methyl sites for hydroxylation is 1. The van der Waals surface area contributed by atoms with Crippen molar-refractivity contribution < 1.29 is 13.9 Å². The summed E-state index contributed by atoms with van der Waals surface area (Å²) in [4.78, 5) is 23.9. The maximum Gasteiger partial charge on any atom is 0.287 e. The van der Waals surface area contributed by atoms with Crippen LogP contribution in [0.15, 0.2) is 58.1 Å².